The summed E-state index contributed by atoms with van der Waals surface area (Å²) in [6, 6.07) is 10.1. The molecule has 9 heteroatoms. The van der Waals surface area contributed by atoms with Crippen molar-refractivity contribution in [3.63, 3.8) is 0 Å². The summed E-state index contributed by atoms with van der Waals surface area (Å²) in [5.74, 6) is -1.93. The summed E-state index contributed by atoms with van der Waals surface area (Å²) in [6.45, 7) is 6.15. The molecule has 4 aliphatic rings. The number of carbonyl (C=O) groups excluding carboxylic acids is 1. The molecule has 1 aromatic carbocycles. The Kier molecular flexibility index (Phi) is 8.09. The molecule has 1 aromatic rings. The fourth-order valence-electron chi connectivity index (χ4n) is 6.04. The molecule has 3 saturated heterocycles. The van der Waals surface area contributed by atoms with E-state index in [9.17, 15) is 13.6 Å². The molecule has 0 aromatic heterocycles. The zero-order valence-electron chi connectivity index (χ0n) is 21.6. The minimum absolute atomic E-state index is 0.0831. The van der Waals surface area contributed by atoms with Crippen molar-refractivity contribution in [2.24, 2.45) is 5.92 Å². The van der Waals surface area contributed by atoms with E-state index in [1.54, 1.807) is 6.92 Å². The molecule has 0 spiro atoms. The van der Waals surface area contributed by atoms with E-state index < -0.39 is 18.5 Å². The Balaban J connectivity index is 1.36. The highest BCUT2D eigenvalue weighted by atomic mass is 19.3. The van der Waals surface area contributed by atoms with E-state index in [1.807, 2.05) is 49.1 Å². The van der Waals surface area contributed by atoms with Crippen molar-refractivity contribution in [2.45, 2.75) is 95.4 Å². The van der Waals surface area contributed by atoms with Gasteiger partial charge in [-0.1, -0.05) is 44.2 Å². The maximum atomic E-state index is 13.5. The van der Waals surface area contributed by atoms with Crippen LogP contribution in [0.2, 0.25) is 0 Å². The Morgan fingerprint density at radius 2 is 1.86 bits per heavy atom. The number of nitrogens with one attached hydrogen (secondary N) is 4. The number of halogens is 2. The van der Waals surface area contributed by atoms with Crippen LogP contribution in [0.5, 0.6) is 0 Å². The van der Waals surface area contributed by atoms with Crippen LogP contribution < -0.4 is 10.6 Å². The van der Waals surface area contributed by atoms with Gasteiger partial charge in [0.05, 0.1) is 24.5 Å². The van der Waals surface area contributed by atoms with Gasteiger partial charge in [-0.25, -0.2) is 8.78 Å². The van der Waals surface area contributed by atoms with E-state index in [2.05, 4.69) is 15.5 Å². The maximum Gasteiger partial charge on any atom is 0.260 e. The third kappa shape index (κ3) is 5.94. The number of carbonyl (C=O) groups is 1. The lowest BCUT2D eigenvalue weighted by molar-refractivity contribution is -0.126. The highest BCUT2D eigenvalue weighted by Gasteiger charge is 2.47. The SMILES string of the molecule is CC(=N)N(C(=N)C(C)C)C1CC2C[C@@H](C1)N2CC[C@H](NC(=O)C1CCC(F)(F)CN1)c1ccccc1. The zero-order valence-corrected chi connectivity index (χ0v) is 21.6. The fourth-order valence-corrected chi connectivity index (χ4v) is 6.04. The lowest BCUT2D eigenvalue weighted by Crippen LogP contribution is -2.65. The van der Waals surface area contributed by atoms with Gasteiger partial charge in [0.2, 0.25) is 5.91 Å². The molecule has 198 valence electrons. The van der Waals surface area contributed by atoms with Crippen LogP contribution in [0.25, 0.3) is 0 Å². The van der Waals surface area contributed by atoms with Crippen LogP contribution in [0.3, 0.4) is 0 Å². The number of hydrogen-bond donors (Lipinski definition) is 4. The summed E-state index contributed by atoms with van der Waals surface area (Å²) in [7, 11) is 0. The summed E-state index contributed by atoms with van der Waals surface area (Å²) in [5, 5.41) is 22.6. The third-order valence-electron chi connectivity index (χ3n) is 8.02. The number of alkyl halides is 2. The molecule has 1 amide bonds. The van der Waals surface area contributed by atoms with Crippen LogP contribution >= 0.6 is 0 Å². The Bertz CT molecular complexity index is 933. The monoisotopic (exact) mass is 502 g/mol. The second-order valence-corrected chi connectivity index (χ2v) is 11.0. The average molecular weight is 503 g/mol. The van der Waals surface area contributed by atoms with Crippen LogP contribution in [0, 0.1) is 16.7 Å². The van der Waals surface area contributed by atoms with Crippen LogP contribution in [0.4, 0.5) is 8.78 Å². The van der Waals surface area contributed by atoms with Gasteiger partial charge in [-0.15, -0.1) is 0 Å². The first-order valence-electron chi connectivity index (χ1n) is 13.2. The molecule has 4 N–H and O–H groups in total. The molecule has 2 bridgehead atoms. The Hall–Kier alpha value is -2.39. The first-order valence-corrected chi connectivity index (χ1v) is 13.2. The molecule has 7 nitrogen and oxygen atoms in total. The number of benzene rings is 1. The Labute approximate surface area is 213 Å². The smallest absolute Gasteiger partial charge is 0.260 e. The highest BCUT2D eigenvalue weighted by molar-refractivity contribution is 5.98. The van der Waals surface area contributed by atoms with Crippen molar-refractivity contribution in [2.75, 3.05) is 13.1 Å². The fraction of sp³-hybridized carbons (Fsp3) is 0.667. The van der Waals surface area contributed by atoms with Crippen LogP contribution in [0.15, 0.2) is 30.3 Å². The van der Waals surface area contributed by atoms with Crippen LogP contribution in [-0.4, -0.2) is 70.6 Å². The van der Waals surface area contributed by atoms with Gasteiger partial charge in [0.25, 0.3) is 5.92 Å². The number of fused-ring (bicyclic) bond motifs is 2. The van der Waals surface area contributed by atoms with E-state index in [4.69, 9.17) is 10.8 Å². The molecule has 4 fully saturated rings. The van der Waals surface area contributed by atoms with E-state index in [0.29, 0.717) is 23.8 Å². The molecular weight excluding hydrogens is 462 g/mol. The first-order chi connectivity index (χ1) is 17.1. The summed E-state index contributed by atoms with van der Waals surface area (Å²) in [4.78, 5) is 17.4. The molecule has 5 atom stereocenters. The maximum absolute atomic E-state index is 13.5. The van der Waals surface area contributed by atoms with Crippen molar-refractivity contribution >= 4 is 17.6 Å². The van der Waals surface area contributed by atoms with Gasteiger partial charge < -0.3 is 15.5 Å². The number of rotatable bonds is 8. The van der Waals surface area contributed by atoms with E-state index in [1.165, 1.54) is 0 Å². The lowest BCUT2D eigenvalue weighted by Gasteiger charge is -2.57. The van der Waals surface area contributed by atoms with Gasteiger partial charge in [-0.05, 0) is 44.6 Å². The van der Waals surface area contributed by atoms with E-state index >= 15 is 0 Å². The summed E-state index contributed by atoms with van der Waals surface area (Å²) >= 11 is 0. The molecule has 5 rings (SSSR count). The molecular formula is C27H40F2N6O. The average Bonchev–Trinajstić information content (AvgIpc) is 2.83. The second-order valence-electron chi connectivity index (χ2n) is 11.0. The predicted octanol–water partition coefficient (Wildman–Crippen LogP) is 4.16. The number of piperidine rings is 2. The summed E-state index contributed by atoms with van der Waals surface area (Å²) in [5.41, 5.74) is 1.02. The van der Waals surface area contributed by atoms with Gasteiger partial charge >= 0.3 is 0 Å². The summed E-state index contributed by atoms with van der Waals surface area (Å²) < 4.78 is 27.0. The normalized spacial score (nSPS) is 28.2. The van der Waals surface area contributed by atoms with Gasteiger partial charge in [-0.3, -0.25) is 20.5 Å². The van der Waals surface area contributed by atoms with Gasteiger partial charge in [0.1, 0.15) is 5.84 Å². The molecule has 3 heterocycles. The predicted molar refractivity (Wildman–Crippen MR) is 138 cm³/mol. The first kappa shape index (κ1) is 26.7. The molecule has 3 unspecified atom stereocenters. The molecule has 36 heavy (non-hydrogen) atoms. The summed E-state index contributed by atoms with van der Waals surface area (Å²) in [6.07, 6.45) is 3.61. The van der Waals surface area contributed by atoms with Crippen molar-refractivity contribution in [1.29, 1.82) is 10.8 Å². The second kappa shape index (κ2) is 10.9. The van der Waals surface area contributed by atoms with Gasteiger partial charge in [0.15, 0.2) is 0 Å². The lowest BCUT2D eigenvalue weighted by atomic mass is 9.75. The minimum atomic E-state index is -2.75. The van der Waals surface area contributed by atoms with Gasteiger partial charge in [0, 0.05) is 37.0 Å². The Morgan fingerprint density at radius 3 is 2.42 bits per heavy atom. The minimum Gasteiger partial charge on any atom is -0.348 e. The molecule has 3 aliphatic heterocycles. The highest BCUT2D eigenvalue weighted by Crippen LogP contribution is 2.41. The topological polar surface area (TPSA) is 95.3 Å². The molecule has 1 aliphatic carbocycles. The quantitative estimate of drug-likeness (QED) is 0.317. The number of amides is 1. The standard InChI is InChI=1S/C27H40F2N6O/c1-17(2)25(31)35(18(3)30)22-14-20-13-21(15-22)34(20)12-10-23(19-7-5-4-6-8-19)33-26(36)24-9-11-27(28,29)16-32-24/h4-8,17,20-24,30-32H,9-16H2,1-3H3,(H,33,36)/t20-,21?,22?,23-,24?/m0/s1. The zero-order chi connectivity index (χ0) is 26.0. The molecule has 1 saturated carbocycles. The van der Waals surface area contributed by atoms with E-state index in [0.717, 1.165) is 37.8 Å². The van der Waals surface area contributed by atoms with Crippen molar-refractivity contribution in [1.82, 2.24) is 20.4 Å². The number of nitrogens with zero attached hydrogens (tertiary/aromatic N) is 2. The van der Waals surface area contributed by atoms with Crippen molar-refractivity contribution in [3.05, 3.63) is 35.9 Å². The number of hydrogen-bond acceptors (Lipinski definition) is 5. The Morgan fingerprint density at radius 1 is 1.19 bits per heavy atom. The van der Waals surface area contributed by atoms with Gasteiger partial charge in [-0.2, -0.15) is 0 Å². The third-order valence-corrected chi connectivity index (χ3v) is 8.02. The van der Waals surface area contributed by atoms with Crippen molar-refractivity contribution < 1.29 is 13.6 Å². The van der Waals surface area contributed by atoms with E-state index in [-0.39, 0.29) is 36.8 Å². The molecule has 0 radical (unpaired) electrons. The number of amidine groups is 2. The van der Waals surface area contributed by atoms with Crippen molar-refractivity contribution in [3.8, 4) is 0 Å². The largest absolute Gasteiger partial charge is 0.348 e. The van der Waals surface area contributed by atoms with Crippen LogP contribution in [0.1, 0.15) is 70.9 Å². The van der Waals surface area contributed by atoms with Crippen LogP contribution in [-0.2, 0) is 4.79 Å².